The van der Waals surface area contributed by atoms with Crippen LogP contribution in [-0.2, 0) is 6.54 Å². The second kappa shape index (κ2) is 5.41. The van der Waals surface area contributed by atoms with Gasteiger partial charge in [0, 0.05) is 18.9 Å². The van der Waals surface area contributed by atoms with E-state index in [1.165, 1.54) is 5.56 Å². The molecule has 2 aromatic carbocycles. The van der Waals surface area contributed by atoms with E-state index in [1.54, 1.807) is 6.20 Å². The van der Waals surface area contributed by atoms with Crippen LogP contribution >= 0.6 is 0 Å². The van der Waals surface area contributed by atoms with Gasteiger partial charge in [0.05, 0.1) is 12.9 Å². The lowest BCUT2D eigenvalue weighted by Crippen LogP contribution is -1.95. The Bertz CT molecular complexity index is 735. The second-order valence-electron chi connectivity index (χ2n) is 4.56. The maximum Gasteiger partial charge on any atom is 0.194 e. The number of hydrogen-bond acceptors (Lipinski definition) is 1. The van der Waals surface area contributed by atoms with E-state index in [4.69, 9.17) is 6.57 Å². The molecule has 96 valence electrons. The van der Waals surface area contributed by atoms with Gasteiger partial charge in [0.25, 0.3) is 0 Å². The van der Waals surface area contributed by atoms with Crippen molar-refractivity contribution in [2.45, 2.75) is 6.54 Å². The zero-order valence-electron chi connectivity index (χ0n) is 10.9. The smallest absolute Gasteiger partial charge is 0.194 e. The van der Waals surface area contributed by atoms with Crippen molar-refractivity contribution in [1.29, 1.82) is 0 Å². The van der Waals surface area contributed by atoms with Crippen molar-refractivity contribution in [3.8, 4) is 11.1 Å². The molecule has 3 heteroatoms. The van der Waals surface area contributed by atoms with Gasteiger partial charge in [0.1, 0.15) is 0 Å². The minimum atomic E-state index is 0.690. The van der Waals surface area contributed by atoms with E-state index in [0.29, 0.717) is 5.69 Å². The Labute approximate surface area is 118 Å². The minimum Gasteiger partial charge on any atom is -0.333 e. The summed E-state index contributed by atoms with van der Waals surface area (Å²) in [5.41, 5.74) is 3.96. The number of aromatic nitrogens is 2. The van der Waals surface area contributed by atoms with Gasteiger partial charge in [-0.25, -0.2) is 9.83 Å². The summed E-state index contributed by atoms with van der Waals surface area (Å²) in [6.45, 7) is 8.03. The van der Waals surface area contributed by atoms with Crippen LogP contribution in [0.1, 0.15) is 5.56 Å². The quantitative estimate of drug-likeness (QED) is 0.648. The van der Waals surface area contributed by atoms with Crippen LogP contribution < -0.4 is 0 Å². The van der Waals surface area contributed by atoms with E-state index in [-0.39, 0.29) is 0 Å². The number of imidazole rings is 1. The van der Waals surface area contributed by atoms with Gasteiger partial charge in [-0.3, -0.25) is 0 Å². The van der Waals surface area contributed by atoms with Crippen LogP contribution in [-0.4, -0.2) is 9.55 Å². The van der Waals surface area contributed by atoms with Gasteiger partial charge in [-0.2, -0.15) is 0 Å². The van der Waals surface area contributed by atoms with E-state index >= 15 is 0 Å². The van der Waals surface area contributed by atoms with E-state index < -0.39 is 0 Å². The topological polar surface area (TPSA) is 22.2 Å². The van der Waals surface area contributed by atoms with Crippen LogP contribution in [0.4, 0.5) is 5.69 Å². The highest BCUT2D eigenvalue weighted by Crippen LogP contribution is 2.30. The third-order valence-corrected chi connectivity index (χ3v) is 3.21. The van der Waals surface area contributed by atoms with Crippen LogP contribution in [0.3, 0.4) is 0 Å². The van der Waals surface area contributed by atoms with Crippen molar-refractivity contribution < 1.29 is 0 Å². The Morgan fingerprint density at radius 1 is 1.05 bits per heavy atom. The molecule has 0 fully saturated rings. The van der Waals surface area contributed by atoms with Crippen molar-refractivity contribution in [3.63, 3.8) is 0 Å². The van der Waals surface area contributed by atoms with Crippen molar-refractivity contribution in [1.82, 2.24) is 9.55 Å². The fourth-order valence-corrected chi connectivity index (χ4v) is 2.20. The largest absolute Gasteiger partial charge is 0.333 e. The average molecular weight is 259 g/mol. The molecule has 1 aromatic heterocycles. The Morgan fingerprint density at radius 2 is 1.85 bits per heavy atom. The number of benzene rings is 2. The van der Waals surface area contributed by atoms with Crippen molar-refractivity contribution >= 4 is 5.69 Å². The fraction of sp³-hybridized carbons (Fsp3) is 0.0588. The summed E-state index contributed by atoms with van der Waals surface area (Å²) in [6.07, 6.45) is 5.53. The number of hydrogen-bond donors (Lipinski definition) is 0. The maximum absolute atomic E-state index is 7.22. The van der Waals surface area contributed by atoms with Gasteiger partial charge in [0.15, 0.2) is 5.69 Å². The zero-order valence-corrected chi connectivity index (χ0v) is 10.9. The number of rotatable bonds is 3. The van der Waals surface area contributed by atoms with Gasteiger partial charge in [-0.05, 0) is 16.7 Å². The third kappa shape index (κ3) is 2.45. The molecule has 0 N–H and O–H groups in total. The normalized spacial score (nSPS) is 10.2. The highest BCUT2D eigenvalue weighted by Gasteiger charge is 2.04. The summed E-state index contributed by atoms with van der Waals surface area (Å²) in [5.74, 6) is 0. The molecule has 3 rings (SSSR count). The average Bonchev–Trinajstić information content (AvgIpc) is 3.01. The molecule has 1 heterocycles. The maximum atomic E-state index is 7.22. The molecule has 0 amide bonds. The third-order valence-electron chi connectivity index (χ3n) is 3.21. The highest BCUT2D eigenvalue weighted by atomic mass is 15.0. The molecule has 20 heavy (non-hydrogen) atoms. The molecular weight excluding hydrogens is 246 g/mol. The van der Waals surface area contributed by atoms with E-state index in [2.05, 4.69) is 34.1 Å². The molecule has 3 aromatic rings. The van der Waals surface area contributed by atoms with E-state index in [0.717, 1.165) is 17.7 Å². The fourth-order valence-electron chi connectivity index (χ4n) is 2.20. The summed E-state index contributed by atoms with van der Waals surface area (Å²) in [5, 5.41) is 0. The predicted molar refractivity (Wildman–Crippen MR) is 79.5 cm³/mol. The van der Waals surface area contributed by atoms with Gasteiger partial charge < -0.3 is 4.57 Å². The number of para-hydroxylation sites is 1. The summed E-state index contributed by atoms with van der Waals surface area (Å²) < 4.78 is 2.03. The van der Waals surface area contributed by atoms with Crippen LogP contribution in [0.5, 0.6) is 0 Å². The predicted octanol–water partition coefficient (Wildman–Crippen LogP) is 4.15. The van der Waals surface area contributed by atoms with Crippen molar-refractivity contribution in [2.75, 3.05) is 0 Å². The molecule has 0 aliphatic heterocycles. The molecule has 3 nitrogen and oxygen atoms in total. The Morgan fingerprint density at radius 3 is 2.55 bits per heavy atom. The summed E-state index contributed by atoms with van der Waals surface area (Å²) >= 11 is 0. The lowest BCUT2D eigenvalue weighted by atomic mass is 10.0. The highest BCUT2D eigenvalue weighted by molar-refractivity contribution is 5.78. The molecule has 0 bridgehead atoms. The van der Waals surface area contributed by atoms with Crippen molar-refractivity contribution in [3.05, 3.63) is 84.2 Å². The van der Waals surface area contributed by atoms with Gasteiger partial charge >= 0.3 is 0 Å². The molecule has 0 atom stereocenters. The first-order chi connectivity index (χ1) is 9.86. The van der Waals surface area contributed by atoms with Gasteiger partial charge in [0.2, 0.25) is 0 Å². The van der Waals surface area contributed by atoms with Crippen molar-refractivity contribution in [2.24, 2.45) is 0 Å². The van der Waals surface area contributed by atoms with Crippen LogP contribution in [0, 0.1) is 6.57 Å². The SMILES string of the molecule is [C-]#[N+]c1ccccc1-c1ccc(Cn2ccnc2)cc1. The Hall–Kier alpha value is -2.86. The molecule has 0 spiro atoms. The molecule has 0 aliphatic carbocycles. The van der Waals surface area contributed by atoms with Crippen LogP contribution in [0.2, 0.25) is 0 Å². The molecular formula is C17H13N3. The van der Waals surface area contributed by atoms with Gasteiger partial charge in [-0.15, -0.1) is 0 Å². The standard InChI is InChI=1S/C17H13N3/c1-18-17-5-3-2-4-16(17)15-8-6-14(7-9-15)12-20-11-10-19-13-20/h2-11,13H,12H2. The summed E-state index contributed by atoms with van der Waals surface area (Å²) in [7, 11) is 0. The molecule has 0 aliphatic rings. The Kier molecular flexibility index (Phi) is 3.30. The first-order valence-electron chi connectivity index (χ1n) is 6.38. The van der Waals surface area contributed by atoms with E-state index in [9.17, 15) is 0 Å². The first-order valence-corrected chi connectivity index (χ1v) is 6.38. The van der Waals surface area contributed by atoms with Crippen LogP contribution in [0.25, 0.3) is 16.0 Å². The monoisotopic (exact) mass is 259 g/mol. The Balaban J connectivity index is 1.88. The summed E-state index contributed by atoms with van der Waals surface area (Å²) in [6, 6.07) is 16.0. The van der Waals surface area contributed by atoms with Gasteiger partial charge in [-0.1, -0.05) is 48.5 Å². The summed E-state index contributed by atoms with van der Waals surface area (Å²) in [4.78, 5) is 7.60. The van der Waals surface area contributed by atoms with Crippen LogP contribution in [0.15, 0.2) is 67.3 Å². The number of nitrogens with zero attached hydrogens (tertiary/aromatic N) is 3. The molecule has 0 unspecified atom stereocenters. The van der Waals surface area contributed by atoms with E-state index in [1.807, 2.05) is 41.4 Å². The molecule has 0 saturated heterocycles. The molecule has 0 radical (unpaired) electrons. The molecule has 0 saturated carbocycles. The first kappa shape index (κ1) is 12.2. The zero-order chi connectivity index (χ0) is 13.8. The lowest BCUT2D eigenvalue weighted by molar-refractivity contribution is 0.797. The second-order valence-corrected chi connectivity index (χ2v) is 4.56. The minimum absolute atomic E-state index is 0.690. The lowest BCUT2D eigenvalue weighted by Gasteiger charge is -2.07.